The van der Waals surface area contributed by atoms with Crippen LogP contribution in [0.5, 0.6) is 0 Å². The molecule has 0 radical (unpaired) electrons. The van der Waals surface area contributed by atoms with Crippen LogP contribution < -0.4 is 5.32 Å². The Bertz CT molecular complexity index is 1070. The van der Waals surface area contributed by atoms with Gasteiger partial charge in [-0.15, -0.1) is 11.3 Å². The molecule has 0 bridgehead atoms. The van der Waals surface area contributed by atoms with Crippen molar-refractivity contribution in [3.63, 3.8) is 0 Å². The van der Waals surface area contributed by atoms with Crippen molar-refractivity contribution in [1.29, 1.82) is 0 Å². The van der Waals surface area contributed by atoms with E-state index in [2.05, 4.69) is 26.1 Å². The summed E-state index contributed by atoms with van der Waals surface area (Å²) >= 11 is 1.71. The fourth-order valence-electron chi connectivity index (χ4n) is 3.62. The number of amides is 1. The Labute approximate surface area is 154 Å². The monoisotopic (exact) mass is 369 g/mol. The van der Waals surface area contributed by atoms with Gasteiger partial charge >= 0.3 is 0 Å². The number of halogens is 2. The summed E-state index contributed by atoms with van der Waals surface area (Å²) in [7, 11) is 0. The lowest BCUT2D eigenvalue weighted by molar-refractivity contribution is 0.0966. The van der Waals surface area contributed by atoms with Crippen LogP contribution in [0.4, 0.5) is 8.78 Å². The number of fused-ring (bicyclic) bond motifs is 1. The second-order valence-corrected chi connectivity index (χ2v) is 8.00. The first-order valence-corrected chi connectivity index (χ1v) is 9.16. The maximum atomic E-state index is 14.3. The minimum Gasteiger partial charge on any atom is -0.348 e. The Kier molecular flexibility index (Phi) is 3.92. The zero-order chi connectivity index (χ0) is 18.6. The van der Waals surface area contributed by atoms with E-state index in [-0.39, 0.29) is 11.5 Å². The van der Waals surface area contributed by atoms with E-state index in [1.807, 2.05) is 6.07 Å². The van der Waals surface area contributed by atoms with Gasteiger partial charge in [0.2, 0.25) is 0 Å². The molecule has 2 aromatic carbocycles. The number of nitrogens with one attached hydrogen (secondary N) is 1. The van der Waals surface area contributed by atoms with Crippen molar-refractivity contribution in [2.24, 2.45) is 0 Å². The van der Waals surface area contributed by atoms with Gasteiger partial charge in [-0.25, -0.2) is 8.78 Å². The molecule has 0 spiro atoms. The summed E-state index contributed by atoms with van der Waals surface area (Å²) in [6, 6.07) is 7.13. The third kappa shape index (κ3) is 2.54. The molecule has 0 aliphatic carbocycles. The number of carbonyl (C=O) groups excluding carboxylic acids is 1. The Balaban J connectivity index is 2.02. The van der Waals surface area contributed by atoms with Crippen LogP contribution in [0, 0.1) is 32.4 Å². The quantitative estimate of drug-likeness (QED) is 0.632. The summed E-state index contributed by atoms with van der Waals surface area (Å²) in [5.41, 5.74) is 5.58. The molecule has 2 nitrogen and oxygen atoms in total. The molecular weight excluding hydrogens is 352 g/mol. The van der Waals surface area contributed by atoms with Gasteiger partial charge in [0, 0.05) is 33.5 Å². The summed E-state index contributed by atoms with van der Waals surface area (Å²) in [6.07, 6.45) is 0. The highest BCUT2D eigenvalue weighted by Crippen LogP contribution is 2.41. The minimum absolute atomic E-state index is 0.159. The second-order valence-electron chi connectivity index (χ2n) is 6.57. The molecule has 132 valence electrons. The maximum Gasteiger partial charge on any atom is 0.251 e. The van der Waals surface area contributed by atoms with Crippen LogP contribution >= 0.6 is 11.3 Å². The topological polar surface area (TPSA) is 29.1 Å². The SMILES string of the molecule is Cc1sc(C)c(-c2cc(-c3ccc(F)cc3F)cc3c2CNC3=O)c1C. The normalized spacial score (nSPS) is 13.0. The smallest absolute Gasteiger partial charge is 0.251 e. The number of rotatable bonds is 2. The molecule has 0 atom stereocenters. The molecule has 3 aromatic rings. The van der Waals surface area contributed by atoms with Crippen molar-refractivity contribution in [3.8, 4) is 22.3 Å². The fourth-order valence-corrected chi connectivity index (χ4v) is 4.70. The van der Waals surface area contributed by atoms with E-state index in [1.165, 1.54) is 27.5 Å². The average Bonchev–Trinajstić information content (AvgIpc) is 3.07. The van der Waals surface area contributed by atoms with Gasteiger partial charge in [0.15, 0.2) is 0 Å². The number of benzene rings is 2. The van der Waals surface area contributed by atoms with Gasteiger partial charge in [-0.3, -0.25) is 4.79 Å². The minimum atomic E-state index is -0.635. The van der Waals surface area contributed by atoms with Gasteiger partial charge in [0.1, 0.15) is 11.6 Å². The van der Waals surface area contributed by atoms with E-state index in [1.54, 1.807) is 17.4 Å². The van der Waals surface area contributed by atoms with Crippen LogP contribution in [-0.4, -0.2) is 5.91 Å². The lowest BCUT2D eigenvalue weighted by Crippen LogP contribution is -2.12. The zero-order valence-corrected chi connectivity index (χ0v) is 15.5. The van der Waals surface area contributed by atoms with E-state index in [9.17, 15) is 13.6 Å². The van der Waals surface area contributed by atoms with E-state index in [0.29, 0.717) is 17.7 Å². The largest absolute Gasteiger partial charge is 0.348 e. The van der Waals surface area contributed by atoms with Crippen molar-refractivity contribution < 1.29 is 13.6 Å². The Morgan fingerprint density at radius 3 is 2.35 bits per heavy atom. The van der Waals surface area contributed by atoms with E-state index in [0.717, 1.165) is 22.8 Å². The fraction of sp³-hybridized carbons (Fsp3) is 0.190. The third-order valence-corrected chi connectivity index (χ3v) is 6.12. The molecule has 1 amide bonds. The molecular formula is C21H17F2NOS. The van der Waals surface area contributed by atoms with Crippen molar-refractivity contribution in [1.82, 2.24) is 5.32 Å². The molecule has 0 saturated carbocycles. The lowest BCUT2D eigenvalue weighted by atomic mass is 9.90. The summed E-state index contributed by atoms with van der Waals surface area (Å²) < 4.78 is 27.6. The summed E-state index contributed by atoms with van der Waals surface area (Å²) in [5, 5.41) is 2.85. The van der Waals surface area contributed by atoms with Gasteiger partial charge in [-0.1, -0.05) is 0 Å². The van der Waals surface area contributed by atoms with Gasteiger partial charge in [0.05, 0.1) is 0 Å². The van der Waals surface area contributed by atoms with E-state index in [4.69, 9.17) is 0 Å². The molecule has 2 heterocycles. The highest BCUT2D eigenvalue weighted by Gasteiger charge is 2.26. The number of carbonyl (C=O) groups is 1. The molecule has 26 heavy (non-hydrogen) atoms. The Morgan fingerprint density at radius 1 is 0.962 bits per heavy atom. The van der Waals surface area contributed by atoms with Crippen LogP contribution in [0.3, 0.4) is 0 Å². The molecule has 4 rings (SSSR count). The van der Waals surface area contributed by atoms with Crippen LogP contribution in [0.2, 0.25) is 0 Å². The predicted octanol–water partition coefficient (Wildman–Crippen LogP) is 5.53. The standard InChI is InChI=1S/C21H17F2NOS/c1-10-11(2)26-12(3)20(10)16-6-13(7-17-18(16)9-24-21(17)25)15-5-4-14(22)8-19(15)23/h4-8H,9H2,1-3H3,(H,24,25). The number of thiophene rings is 1. The molecule has 1 aliphatic heterocycles. The van der Waals surface area contributed by atoms with Crippen molar-refractivity contribution in [2.75, 3.05) is 0 Å². The highest BCUT2D eigenvalue weighted by molar-refractivity contribution is 7.12. The van der Waals surface area contributed by atoms with Crippen LogP contribution in [0.1, 0.15) is 31.2 Å². The predicted molar refractivity (Wildman–Crippen MR) is 100 cm³/mol. The second kappa shape index (κ2) is 6.02. The molecule has 0 unspecified atom stereocenters. The lowest BCUT2D eigenvalue weighted by Gasteiger charge is -2.13. The molecule has 1 aromatic heterocycles. The van der Waals surface area contributed by atoms with E-state index >= 15 is 0 Å². The van der Waals surface area contributed by atoms with Crippen molar-refractivity contribution in [2.45, 2.75) is 27.3 Å². The van der Waals surface area contributed by atoms with E-state index < -0.39 is 11.6 Å². The first kappa shape index (κ1) is 16.9. The van der Waals surface area contributed by atoms with Crippen LogP contribution in [0.15, 0.2) is 30.3 Å². The van der Waals surface area contributed by atoms with Crippen molar-refractivity contribution in [3.05, 3.63) is 68.4 Å². The maximum absolute atomic E-state index is 14.3. The van der Waals surface area contributed by atoms with Crippen LogP contribution in [0.25, 0.3) is 22.3 Å². The van der Waals surface area contributed by atoms with Gasteiger partial charge in [0.25, 0.3) is 5.91 Å². The summed E-state index contributed by atoms with van der Waals surface area (Å²) in [4.78, 5) is 14.7. The molecule has 1 N–H and O–H groups in total. The van der Waals surface area contributed by atoms with Gasteiger partial charge in [-0.2, -0.15) is 0 Å². The Morgan fingerprint density at radius 2 is 1.69 bits per heavy atom. The zero-order valence-electron chi connectivity index (χ0n) is 14.7. The number of hydrogen-bond donors (Lipinski definition) is 1. The molecule has 0 fully saturated rings. The number of hydrogen-bond acceptors (Lipinski definition) is 2. The molecule has 5 heteroatoms. The van der Waals surface area contributed by atoms with Crippen LogP contribution in [-0.2, 0) is 6.54 Å². The molecule has 0 saturated heterocycles. The summed E-state index contributed by atoms with van der Waals surface area (Å²) in [6.45, 7) is 6.66. The Hall–Kier alpha value is -2.53. The van der Waals surface area contributed by atoms with Gasteiger partial charge < -0.3 is 5.32 Å². The average molecular weight is 369 g/mol. The molecule has 1 aliphatic rings. The number of aryl methyl sites for hydroxylation is 2. The van der Waals surface area contributed by atoms with Crippen molar-refractivity contribution >= 4 is 17.2 Å². The highest BCUT2D eigenvalue weighted by atomic mass is 32.1. The first-order valence-electron chi connectivity index (χ1n) is 8.34. The first-order chi connectivity index (χ1) is 12.4. The third-order valence-electron chi connectivity index (χ3n) is 4.99. The summed E-state index contributed by atoms with van der Waals surface area (Å²) in [5.74, 6) is -1.41. The van der Waals surface area contributed by atoms with Gasteiger partial charge in [-0.05, 0) is 72.9 Å².